The third-order valence-electron chi connectivity index (χ3n) is 2.55. The summed E-state index contributed by atoms with van der Waals surface area (Å²) < 4.78 is 0. The lowest BCUT2D eigenvalue weighted by molar-refractivity contribution is 0.609. The molecular weight excluding hydrogens is 196 g/mol. The third kappa shape index (κ3) is 2.22. The topological polar surface area (TPSA) is 15.6 Å². The summed E-state index contributed by atoms with van der Waals surface area (Å²) in [6, 6.07) is 0. The molecule has 2 nitrogen and oxygen atoms in total. The van der Waals surface area contributed by atoms with Crippen molar-refractivity contribution < 1.29 is 0 Å². The van der Waals surface area contributed by atoms with E-state index in [4.69, 9.17) is 0 Å². The van der Waals surface area contributed by atoms with Gasteiger partial charge in [-0.3, -0.25) is 4.99 Å². The van der Waals surface area contributed by atoms with Crippen LogP contribution in [0.4, 0.5) is 0 Å². The highest BCUT2D eigenvalue weighted by molar-refractivity contribution is 5.98. The van der Waals surface area contributed by atoms with Gasteiger partial charge in [0.05, 0.1) is 11.4 Å². The Labute approximate surface area is 97.7 Å². The van der Waals surface area contributed by atoms with E-state index in [1.165, 1.54) is 0 Å². The summed E-state index contributed by atoms with van der Waals surface area (Å²) in [4.78, 5) is 6.24. The number of rotatable bonds is 3. The Hall–Kier alpha value is -1.83. The van der Waals surface area contributed by atoms with Crippen LogP contribution in [0.1, 0.15) is 20.8 Å². The van der Waals surface area contributed by atoms with Crippen LogP contribution in [-0.2, 0) is 0 Å². The van der Waals surface area contributed by atoms with Crippen molar-refractivity contribution in [3.8, 4) is 0 Å². The molecular formula is C14H18N2. The van der Waals surface area contributed by atoms with Gasteiger partial charge in [-0.15, -0.1) is 0 Å². The Morgan fingerprint density at radius 1 is 1.38 bits per heavy atom. The van der Waals surface area contributed by atoms with Crippen molar-refractivity contribution in [3.05, 3.63) is 60.8 Å². The van der Waals surface area contributed by atoms with Gasteiger partial charge < -0.3 is 4.90 Å². The number of hydrogen-bond acceptors (Lipinski definition) is 2. The van der Waals surface area contributed by atoms with Crippen LogP contribution in [0.25, 0.3) is 0 Å². The van der Waals surface area contributed by atoms with Crippen LogP contribution in [0.2, 0.25) is 0 Å². The molecule has 1 aliphatic rings. The number of hydrogen-bond donors (Lipinski definition) is 0. The number of allylic oxidation sites excluding steroid dienone is 4. The minimum Gasteiger partial charge on any atom is -0.314 e. The molecule has 1 aliphatic heterocycles. The third-order valence-corrected chi connectivity index (χ3v) is 2.55. The summed E-state index contributed by atoms with van der Waals surface area (Å²) in [7, 11) is 0. The highest BCUT2D eigenvalue weighted by Gasteiger charge is 2.15. The van der Waals surface area contributed by atoms with E-state index in [9.17, 15) is 0 Å². The second-order valence-electron chi connectivity index (χ2n) is 3.45. The Morgan fingerprint density at radius 3 is 2.56 bits per heavy atom. The number of aliphatic imine (C=N–C) groups is 1. The van der Waals surface area contributed by atoms with Gasteiger partial charge in [0, 0.05) is 18.1 Å². The Kier molecular flexibility index (Phi) is 4.06. The Balaban J connectivity index is 3.10. The first-order valence-corrected chi connectivity index (χ1v) is 5.30. The first-order chi connectivity index (χ1) is 7.65. The van der Waals surface area contributed by atoms with Crippen LogP contribution < -0.4 is 0 Å². The molecule has 0 aromatic carbocycles. The average molecular weight is 214 g/mol. The molecule has 1 heterocycles. The standard InChI is InChI=1S/C14H18N2/c1-6-13(7-2)14(8-3)16-10-9-15-11(4)12(16)5/h6-10H,1,5H2,2-4H3/b13-7+,14-8-. The second kappa shape index (κ2) is 5.31. The van der Waals surface area contributed by atoms with Crippen molar-refractivity contribution >= 4 is 5.71 Å². The maximum Gasteiger partial charge on any atom is 0.0607 e. The zero-order chi connectivity index (χ0) is 12.1. The molecule has 0 saturated heterocycles. The van der Waals surface area contributed by atoms with Crippen molar-refractivity contribution in [2.75, 3.05) is 0 Å². The van der Waals surface area contributed by atoms with Crippen molar-refractivity contribution in [2.24, 2.45) is 4.99 Å². The minimum atomic E-state index is 0.900. The molecule has 0 radical (unpaired) electrons. The number of nitrogens with zero attached hydrogens (tertiary/aromatic N) is 2. The van der Waals surface area contributed by atoms with E-state index in [-0.39, 0.29) is 0 Å². The fraction of sp³-hybridized carbons (Fsp3) is 0.214. The van der Waals surface area contributed by atoms with Gasteiger partial charge in [0.2, 0.25) is 0 Å². The van der Waals surface area contributed by atoms with E-state index in [0.29, 0.717) is 0 Å². The molecule has 0 spiro atoms. The lowest BCUT2D eigenvalue weighted by atomic mass is 10.1. The van der Waals surface area contributed by atoms with Gasteiger partial charge in [0.15, 0.2) is 0 Å². The Morgan fingerprint density at radius 2 is 2.06 bits per heavy atom. The monoisotopic (exact) mass is 214 g/mol. The first-order valence-electron chi connectivity index (χ1n) is 5.30. The molecule has 0 aliphatic carbocycles. The molecule has 0 unspecified atom stereocenters. The minimum absolute atomic E-state index is 0.900. The van der Waals surface area contributed by atoms with Crippen molar-refractivity contribution in [1.82, 2.24) is 4.90 Å². The van der Waals surface area contributed by atoms with Crippen LogP contribution in [0.3, 0.4) is 0 Å². The highest BCUT2D eigenvalue weighted by Crippen LogP contribution is 2.23. The average Bonchev–Trinajstić information content (AvgIpc) is 2.30. The fourth-order valence-corrected chi connectivity index (χ4v) is 1.59. The van der Waals surface area contributed by atoms with Gasteiger partial charge in [-0.05, 0) is 26.3 Å². The van der Waals surface area contributed by atoms with Gasteiger partial charge >= 0.3 is 0 Å². The molecule has 0 atom stereocenters. The lowest BCUT2D eigenvalue weighted by Crippen LogP contribution is -2.22. The molecule has 16 heavy (non-hydrogen) atoms. The maximum atomic E-state index is 4.21. The maximum absolute atomic E-state index is 4.21. The molecule has 0 fully saturated rings. The van der Waals surface area contributed by atoms with E-state index >= 15 is 0 Å². The smallest absolute Gasteiger partial charge is 0.0607 e. The summed E-state index contributed by atoms with van der Waals surface area (Å²) in [6.45, 7) is 13.8. The van der Waals surface area contributed by atoms with Crippen LogP contribution in [0, 0.1) is 0 Å². The van der Waals surface area contributed by atoms with Crippen molar-refractivity contribution in [2.45, 2.75) is 20.8 Å². The molecule has 0 N–H and O–H groups in total. The van der Waals surface area contributed by atoms with Gasteiger partial charge in [-0.25, -0.2) is 0 Å². The SMILES string of the molecule is C=CC(=C\C)/C(=C/C)N1C=CN=C(C)C1=C. The predicted molar refractivity (Wildman–Crippen MR) is 70.9 cm³/mol. The van der Waals surface area contributed by atoms with Crippen LogP contribution in [0.15, 0.2) is 65.7 Å². The summed E-state index contributed by atoms with van der Waals surface area (Å²) in [5, 5.41) is 0. The largest absolute Gasteiger partial charge is 0.314 e. The zero-order valence-electron chi connectivity index (χ0n) is 10.2. The zero-order valence-corrected chi connectivity index (χ0v) is 10.2. The van der Waals surface area contributed by atoms with Crippen molar-refractivity contribution in [1.29, 1.82) is 0 Å². The Bertz CT molecular complexity index is 420. The first kappa shape index (κ1) is 12.2. The molecule has 0 aromatic heterocycles. The molecule has 0 bridgehead atoms. The highest BCUT2D eigenvalue weighted by atomic mass is 15.2. The quantitative estimate of drug-likeness (QED) is 0.653. The van der Waals surface area contributed by atoms with Gasteiger partial charge in [-0.2, -0.15) is 0 Å². The van der Waals surface area contributed by atoms with Crippen LogP contribution in [-0.4, -0.2) is 10.6 Å². The van der Waals surface area contributed by atoms with Crippen molar-refractivity contribution in [3.63, 3.8) is 0 Å². The van der Waals surface area contributed by atoms with E-state index < -0.39 is 0 Å². The van der Waals surface area contributed by atoms with E-state index in [1.54, 1.807) is 6.20 Å². The summed E-state index contributed by atoms with van der Waals surface area (Å²) in [5.41, 5.74) is 3.99. The van der Waals surface area contributed by atoms with E-state index in [2.05, 4.69) is 18.2 Å². The van der Waals surface area contributed by atoms with Gasteiger partial charge in [0.1, 0.15) is 0 Å². The second-order valence-corrected chi connectivity index (χ2v) is 3.45. The molecule has 84 valence electrons. The molecule has 0 aromatic rings. The molecule has 0 amide bonds. The summed E-state index contributed by atoms with van der Waals surface area (Å²) >= 11 is 0. The van der Waals surface area contributed by atoms with Crippen LogP contribution >= 0.6 is 0 Å². The normalized spacial score (nSPS) is 17.6. The summed E-state index contributed by atoms with van der Waals surface area (Å²) in [5.74, 6) is 0. The van der Waals surface area contributed by atoms with E-state index in [1.807, 2.05) is 50.1 Å². The fourth-order valence-electron chi connectivity index (χ4n) is 1.59. The van der Waals surface area contributed by atoms with Crippen LogP contribution in [0.5, 0.6) is 0 Å². The molecule has 0 saturated carbocycles. The van der Waals surface area contributed by atoms with Gasteiger partial charge in [0.25, 0.3) is 0 Å². The van der Waals surface area contributed by atoms with E-state index in [0.717, 1.165) is 22.7 Å². The summed E-state index contributed by atoms with van der Waals surface area (Å²) in [6.07, 6.45) is 9.62. The molecule has 2 heteroatoms. The lowest BCUT2D eigenvalue weighted by Gasteiger charge is -2.28. The predicted octanol–water partition coefficient (Wildman–Crippen LogP) is 3.78. The molecule has 1 rings (SSSR count). The van der Waals surface area contributed by atoms with Gasteiger partial charge in [-0.1, -0.05) is 31.4 Å².